The van der Waals surface area contributed by atoms with E-state index >= 15 is 0 Å². The summed E-state index contributed by atoms with van der Waals surface area (Å²) in [5.41, 5.74) is 1.81. The zero-order chi connectivity index (χ0) is 15.7. The van der Waals surface area contributed by atoms with Crippen LogP contribution in [0.15, 0.2) is 24.3 Å². The molecule has 0 saturated carbocycles. The molecule has 1 saturated heterocycles. The van der Waals surface area contributed by atoms with E-state index in [-0.39, 0.29) is 18.4 Å². The minimum absolute atomic E-state index is 0.111. The first-order valence-electron chi connectivity index (χ1n) is 7.49. The van der Waals surface area contributed by atoms with Crippen LogP contribution in [0.4, 0.5) is 0 Å². The molecule has 0 radical (unpaired) electrons. The number of aliphatic carboxylic acids is 1. The fourth-order valence-electron chi connectivity index (χ4n) is 3.17. The quantitative estimate of drug-likeness (QED) is 0.938. The molecule has 1 N–H and O–H groups in total. The Hall–Kier alpha value is -2.37. The summed E-state index contributed by atoms with van der Waals surface area (Å²) < 4.78 is 1.56. The van der Waals surface area contributed by atoms with E-state index in [1.54, 1.807) is 11.6 Å². The van der Waals surface area contributed by atoms with Crippen molar-refractivity contribution in [1.29, 1.82) is 0 Å². The molecule has 116 valence electrons. The zero-order valence-corrected chi connectivity index (χ0v) is 12.5. The van der Waals surface area contributed by atoms with Gasteiger partial charge in [0.2, 0.25) is 5.91 Å². The Morgan fingerprint density at radius 3 is 2.59 bits per heavy atom. The van der Waals surface area contributed by atoms with Crippen molar-refractivity contribution < 1.29 is 14.7 Å². The Bertz CT molecular complexity index is 714. The number of amides is 1. The second-order valence-corrected chi connectivity index (χ2v) is 5.73. The van der Waals surface area contributed by atoms with Gasteiger partial charge in [0.15, 0.2) is 0 Å². The average molecular weight is 301 g/mol. The van der Waals surface area contributed by atoms with Crippen LogP contribution in [0.5, 0.6) is 0 Å². The topological polar surface area (TPSA) is 75.4 Å². The molecule has 1 aliphatic rings. The Morgan fingerprint density at radius 2 is 1.95 bits per heavy atom. The molecule has 1 aromatic carbocycles. The normalized spacial score (nSPS) is 16.1. The highest BCUT2D eigenvalue weighted by Gasteiger charge is 2.26. The lowest BCUT2D eigenvalue weighted by Gasteiger charge is -2.30. The van der Waals surface area contributed by atoms with E-state index in [1.807, 2.05) is 29.2 Å². The predicted molar refractivity (Wildman–Crippen MR) is 81.6 cm³/mol. The number of rotatable bonds is 3. The molecular formula is C16H19N3O3. The average Bonchev–Trinajstić information content (AvgIpc) is 2.86. The van der Waals surface area contributed by atoms with Crippen molar-refractivity contribution in [2.24, 2.45) is 0 Å². The van der Waals surface area contributed by atoms with Crippen molar-refractivity contribution in [3.63, 3.8) is 0 Å². The Balaban J connectivity index is 1.91. The number of likely N-dealkylation sites (tertiary alicyclic amines) is 1. The molecule has 3 rings (SSSR count). The standard InChI is InChI=1S/C16H19N3O3/c1-11(20)18-8-6-12(7-9-18)16-13-4-2-3-5-14(13)19(17-16)10-15(21)22/h2-5,12H,6-10H2,1H3,(H,21,22). The first kappa shape index (κ1) is 14.6. The fraction of sp³-hybridized carbons (Fsp3) is 0.438. The van der Waals surface area contributed by atoms with Crippen molar-refractivity contribution in [2.45, 2.75) is 32.2 Å². The van der Waals surface area contributed by atoms with E-state index in [0.717, 1.165) is 42.5 Å². The third-order valence-electron chi connectivity index (χ3n) is 4.30. The van der Waals surface area contributed by atoms with E-state index in [2.05, 4.69) is 5.10 Å². The van der Waals surface area contributed by atoms with Crippen LogP contribution < -0.4 is 0 Å². The number of carbonyl (C=O) groups excluding carboxylic acids is 1. The number of fused-ring (bicyclic) bond motifs is 1. The molecular weight excluding hydrogens is 282 g/mol. The maximum atomic E-state index is 11.4. The molecule has 0 atom stereocenters. The highest BCUT2D eigenvalue weighted by atomic mass is 16.4. The molecule has 6 heteroatoms. The highest BCUT2D eigenvalue weighted by Crippen LogP contribution is 2.32. The van der Waals surface area contributed by atoms with Gasteiger partial charge in [-0.15, -0.1) is 0 Å². The summed E-state index contributed by atoms with van der Waals surface area (Å²) in [5, 5.41) is 14.6. The van der Waals surface area contributed by atoms with E-state index in [4.69, 9.17) is 5.11 Å². The van der Waals surface area contributed by atoms with E-state index in [1.165, 1.54) is 0 Å². The summed E-state index contributed by atoms with van der Waals surface area (Å²) in [6, 6.07) is 7.74. The lowest BCUT2D eigenvalue weighted by atomic mass is 9.91. The number of carboxylic acids is 1. The number of carbonyl (C=O) groups is 2. The summed E-state index contributed by atoms with van der Waals surface area (Å²) >= 11 is 0. The van der Waals surface area contributed by atoms with Crippen LogP contribution in [-0.4, -0.2) is 44.8 Å². The SMILES string of the molecule is CC(=O)N1CCC(c2nn(CC(=O)O)c3ccccc23)CC1. The molecule has 1 fully saturated rings. The van der Waals surface area contributed by atoms with Crippen molar-refractivity contribution in [1.82, 2.24) is 14.7 Å². The van der Waals surface area contributed by atoms with Crippen LogP contribution in [0.1, 0.15) is 31.4 Å². The molecule has 0 spiro atoms. The molecule has 1 amide bonds. The minimum atomic E-state index is -0.897. The number of aromatic nitrogens is 2. The van der Waals surface area contributed by atoms with Gasteiger partial charge in [-0.2, -0.15) is 5.10 Å². The maximum Gasteiger partial charge on any atom is 0.325 e. The lowest BCUT2D eigenvalue weighted by molar-refractivity contribution is -0.137. The molecule has 0 unspecified atom stereocenters. The van der Waals surface area contributed by atoms with Crippen LogP contribution >= 0.6 is 0 Å². The van der Waals surface area contributed by atoms with Crippen LogP contribution in [-0.2, 0) is 16.1 Å². The van der Waals surface area contributed by atoms with Crippen LogP contribution in [0.2, 0.25) is 0 Å². The lowest BCUT2D eigenvalue weighted by Crippen LogP contribution is -2.36. The number of hydrogen-bond acceptors (Lipinski definition) is 3. The molecule has 2 aromatic rings. The summed E-state index contributed by atoms with van der Waals surface area (Å²) in [7, 11) is 0. The number of piperidine rings is 1. The van der Waals surface area contributed by atoms with Crippen molar-refractivity contribution in [3.05, 3.63) is 30.0 Å². The number of carboxylic acid groups (broad SMARTS) is 1. The number of nitrogens with zero attached hydrogens (tertiary/aromatic N) is 3. The van der Waals surface area contributed by atoms with E-state index < -0.39 is 5.97 Å². The van der Waals surface area contributed by atoms with Crippen LogP contribution in [0.3, 0.4) is 0 Å². The first-order valence-corrected chi connectivity index (χ1v) is 7.49. The molecule has 0 aliphatic carbocycles. The van der Waals surface area contributed by atoms with Crippen LogP contribution in [0.25, 0.3) is 10.9 Å². The third kappa shape index (κ3) is 2.68. The second-order valence-electron chi connectivity index (χ2n) is 5.73. The molecule has 6 nitrogen and oxygen atoms in total. The third-order valence-corrected chi connectivity index (χ3v) is 4.30. The van der Waals surface area contributed by atoms with Gasteiger partial charge in [0.25, 0.3) is 0 Å². The van der Waals surface area contributed by atoms with Crippen molar-refractivity contribution in [3.8, 4) is 0 Å². The minimum Gasteiger partial charge on any atom is -0.480 e. The van der Waals surface area contributed by atoms with Gasteiger partial charge in [-0.3, -0.25) is 14.3 Å². The first-order chi connectivity index (χ1) is 10.6. The number of hydrogen-bond donors (Lipinski definition) is 1. The fourth-order valence-corrected chi connectivity index (χ4v) is 3.17. The Kier molecular flexibility index (Phi) is 3.83. The van der Waals surface area contributed by atoms with Gasteiger partial charge < -0.3 is 10.0 Å². The monoisotopic (exact) mass is 301 g/mol. The van der Waals surface area contributed by atoms with Gasteiger partial charge in [0.1, 0.15) is 6.54 Å². The molecule has 22 heavy (non-hydrogen) atoms. The largest absolute Gasteiger partial charge is 0.480 e. The molecule has 0 bridgehead atoms. The maximum absolute atomic E-state index is 11.4. The smallest absolute Gasteiger partial charge is 0.325 e. The van der Waals surface area contributed by atoms with Gasteiger partial charge in [-0.1, -0.05) is 18.2 Å². The van der Waals surface area contributed by atoms with Gasteiger partial charge in [-0.05, 0) is 18.9 Å². The van der Waals surface area contributed by atoms with Crippen molar-refractivity contribution >= 4 is 22.8 Å². The Labute approximate surface area is 128 Å². The zero-order valence-electron chi connectivity index (χ0n) is 12.5. The highest BCUT2D eigenvalue weighted by molar-refractivity contribution is 5.83. The Morgan fingerprint density at radius 1 is 1.27 bits per heavy atom. The molecule has 1 aliphatic heterocycles. The predicted octanol–water partition coefficient (Wildman–Crippen LogP) is 1.85. The van der Waals surface area contributed by atoms with Crippen LogP contribution in [0, 0.1) is 0 Å². The van der Waals surface area contributed by atoms with Gasteiger partial charge in [-0.25, -0.2) is 0 Å². The summed E-state index contributed by atoms with van der Waals surface area (Å²) in [4.78, 5) is 24.3. The van der Waals surface area contributed by atoms with E-state index in [9.17, 15) is 9.59 Å². The van der Waals surface area contributed by atoms with Crippen molar-refractivity contribution in [2.75, 3.05) is 13.1 Å². The number of para-hydroxylation sites is 1. The number of benzene rings is 1. The summed E-state index contributed by atoms with van der Waals surface area (Å²) in [6.07, 6.45) is 1.74. The second kappa shape index (κ2) is 5.79. The van der Waals surface area contributed by atoms with E-state index in [0.29, 0.717) is 0 Å². The molecule has 1 aromatic heterocycles. The molecule has 2 heterocycles. The summed E-state index contributed by atoms with van der Waals surface area (Å²) in [5.74, 6) is -0.513. The van der Waals surface area contributed by atoms with Gasteiger partial charge >= 0.3 is 5.97 Å². The summed E-state index contributed by atoms with van der Waals surface area (Å²) in [6.45, 7) is 2.93. The van der Waals surface area contributed by atoms with Gasteiger partial charge in [0, 0.05) is 31.3 Å². The van der Waals surface area contributed by atoms with Gasteiger partial charge in [0.05, 0.1) is 11.2 Å².